The molecule has 0 aromatic rings. The van der Waals surface area contributed by atoms with Crippen molar-refractivity contribution >= 4 is 5.78 Å². The number of carbonyl (C=O) groups is 1. The SMILES string of the molecule is C=CCCCC(=O)CCCNC(C)C. The van der Waals surface area contributed by atoms with Gasteiger partial charge in [0.1, 0.15) is 5.78 Å². The smallest absolute Gasteiger partial charge is 0.132 e. The molecule has 0 spiro atoms. The Hall–Kier alpha value is -0.630. The molecule has 0 amide bonds. The first kappa shape index (κ1) is 13.4. The predicted molar refractivity (Wildman–Crippen MR) is 61.4 cm³/mol. The molecule has 82 valence electrons. The van der Waals surface area contributed by atoms with E-state index >= 15 is 0 Å². The summed E-state index contributed by atoms with van der Waals surface area (Å²) >= 11 is 0. The Bertz CT molecular complexity index is 164. The number of Topliss-reactive ketones (excluding diaryl/α,β-unsaturated/α-hetero) is 1. The van der Waals surface area contributed by atoms with Crippen LogP contribution in [0.1, 0.15) is 46.0 Å². The van der Waals surface area contributed by atoms with Gasteiger partial charge in [-0.05, 0) is 25.8 Å². The van der Waals surface area contributed by atoms with Crippen LogP contribution >= 0.6 is 0 Å². The van der Waals surface area contributed by atoms with Gasteiger partial charge in [0.2, 0.25) is 0 Å². The normalized spacial score (nSPS) is 10.5. The van der Waals surface area contributed by atoms with Gasteiger partial charge in [0, 0.05) is 18.9 Å². The van der Waals surface area contributed by atoms with Crippen molar-refractivity contribution in [2.75, 3.05) is 6.54 Å². The number of nitrogens with one attached hydrogen (secondary N) is 1. The van der Waals surface area contributed by atoms with Crippen LogP contribution in [0, 0.1) is 0 Å². The molecule has 14 heavy (non-hydrogen) atoms. The van der Waals surface area contributed by atoms with Gasteiger partial charge in [0.05, 0.1) is 0 Å². The minimum Gasteiger partial charge on any atom is -0.315 e. The van der Waals surface area contributed by atoms with E-state index in [4.69, 9.17) is 0 Å². The maximum Gasteiger partial charge on any atom is 0.132 e. The predicted octanol–water partition coefficient (Wildman–Crippen LogP) is 2.69. The molecule has 2 heteroatoms. The molecule has 0 radical (unpaired) electrons. The lowest BCUT2D eigenvalue weighted by Crippen LogP contribution is -2.24. The van der Waals surface area contributed by atoms with Gasteiger partial charge in [-0.15, -0.1) is 6.58 Å². The van der Waals surface area contributed by atoms with E-state index in [0.29, 0.717) is 18.2 Å². The first-order valence-corrected chi connectivity index (χ1v) is 5.52. The third-order valence-corrected chi connectivity index (χ3v) is 2.05. The summed E-state index contributed by atoms with van der Waals surface area (Å²) in [6, 6.07) is 0.519. The Kier molecular flexibility index (Phi) is 8.54. The number of hydrogen-bond acceptors (Lipinski definition) is 2. The summed E-state index contributed by atoms with van der Waals surface area (Å²) in [5.74, 6) is 0.386. The van der Waals surface area contributed by atoms with Crippen LogP contribution in [0.5, 0.6) is 0 Å². The highest BCUT2D eigenvalue weighted by Crippen LogP contribution is 2.01. The maximum atomic E-state index is 11.3. The summed E-state index contributed by atoms with van der Waals surface area (Å²) in [5, 5.41) is 3.30. The molecular weight excluding hydrogens is 174 g/mol. The molecule has 0 bridgehead atoms. The van der Waals surface area contributed by atoms with Crippen molar-refractivity contribution in [3.8, 4) is 0 Å². The number of unbranched alkanes of at least 4 members (excludes halogenated alkanes) is 1. The molecule has 0 saturated carbocycles. The number of hydrogen-bond donors (Lipinski definition) is 1. The molecule has 1 N–H and O–H groups in total. The average molecular weight is 197 g/mol. The van der Waals surface area contributed by atoms with Gasteiger partial charge in [-0.3, -0.25) is 4.79 Å². The highest BCUT2D eigenvalue weighted by atomic mass is 16.1. The molecule has 0 unspecified atom stereocenters. The van der Waals surface area contributed by atoms with Crippen molar-refractivity contribution in [1.82, 2.24) is 5.32 Å². The maximum absolute atomic E-state index is 11.3. The second-order valence-electron chi connectivity index (χ2n) is 3.93. The Balaban J connectivity index is 3.22. The van der Waals surface area contributed by atoms with Crippen molar-refractivity contribution < 1.29 is 4.79 Å². The van der Waals surface area contributed by atoms with Crippen molar-refractivity contribution in [1.29, 1.82) is 0 Å². The summed E-state index contributed by atoms with van der Waals surface area (Å²) in [6.45, 7) is 8.81. The zero-order chi connectivity index (χ0) is 10.8. The minimum atomic E-state index is 0.386. The summed E-state index contributed by atoms with van der Waals surface area (Å²) in [7, 11) is 0. The third kappa shape index (κ3) is 9.46. The Labute approximate surface area is 87.8 Å². The zero-order valence-corrected chi connectivity index (χ0v) is 9.51. The highest BCUT2D eigenvalue weighted by Gasteiger charge is 2.00. The van der Waals surface area contributed by atoms with Crippen LogP contribution in [0.4, 0.5) is 0 Å². The Morgan fingerprint density at radius 3 is 2.57 bits per heavy atom. The van der Waals surface area contributed by atoms with Crippen molar-refractivity contribution in [2.24, 2.45) is 0 Å². The molecule has 0 aromatic carbocycles. The number of rotatable bonds is 9. The van der Waals surface area contributed by atoms with Crippen molar-refractivity contribution in [3.05, 3.63) is 12.7 Å². The van der Waals surface area contributed by atoms with Gasteiger partial charge in [-0.1, -0.05) is 19.9 Å². The van der Waals surface area contributed by atoms with E-state index in [1.807, 2.05) is 6.08 Å². The molecule has 0 saturated heterocycles. The Morgan fingerprint density at radius 1 is 1.36 bits per heavy atom. The summed E-state index contributed by atoms with van der Waals surface area (Å²) < 4.78 is 0. The van der Waals surface area contributed by atoms with Crippen LogP contribution in [0.2, 0.25) is 0 Å². The van der Waals surface area contributed by atoms with E-state index in [1.165, 1.54) is 0 Å². The van der Waals surface area contributed by atoms with Gasteiger partial charge in [-0.2, -0.15) is 0 Å². The van der Waals surface area contributed by atoms with Crippen molar-refractivity contribution in [3.63, 3.8) is 0 Å². The topological polar surface area (TPSA) is 29.1 Å². The first-order chi connectivity index (χ1) is 6.66. The Morgan fingerprint density at radius 2 is 2.00 bits per heavy atom. The fourth-order valence-corrected chi connectivity index (χ4v) is 1.24. The summed E-state index contributed by atoms with van der Waals surface area (Å²) in [5.41, 5.74) is 0. The molecule has 0 aliphatic carbocycles. The third-order valence-electron chi connectivity index (χ3n) is 2.05. The van der Waals surface area contributed by atoms with Crippen LogP contribution in [-0.4, -0.2) is 18.4 Å². The van der Waals surface area contributed by atoms with Gasteiger partial charge in [0.15, 0.2) is 0 Å². The molecule has 0 aliphatic heterocycles. The molecule has 0 heterocycles. The van der Waals surface area contributed by atoms with Gasteiger partial charge >= 0.3 is 0 Å². The lowest BCUT2D eigenvalue weighted by Gasteiger charge is -2.06. The van der Waals surface area contributed by atoms with E-state index in [9.17, 15) is 4.79 Å². The largest absolute Gasteiger partial charge is 0.315 e. The second kappa shape index (κ2) is 8.95. The van der Waals surface area contributed by atoms with Crippen LogP contribution < -0.4 is 5.32 Å². The second-order valence-corrected chi connectivity index (χ2v) is 3.93. The standard InChI is InChI=1S/C12H23NO/c1-4-5-6-8-12(14)9-7-10-13-11(2)3/h4,11,13H,1,5-10H2,2-3H3. The summed E-state index contributed by atoms with van der Waals surface area (Å²) in [6.07, 6.45) is 6.18. The molecule has 0 aromatic heterocycles. The fraction of sp³-hybridized carbons (Fsp3) is 0.750. The van der Waals surface area contributed by atoms with E-state index in [1.54, 1.807) is 0 Å². The molecular formula is C12H23NO. The number of allylic oxidation sites excluding steroid dienone is 1. The number of carbonyl (C=O) groups excluding carboxylic acids is 1. The highest BCUT2D eigenvalue weighted by molar-refractivity contribution is 5.78. The van der Waals surface area contributed by atoms with Gasteiger partial charge in [0.25, 0.3) is 0 Å². The average Bonchev–Trinajstić information content (AvgIpc) is 2.13. The molecule has 0 fully saturated rings. The monoisotopic (exact) mass is 197 g/mol. The van der Waals surface area contributed by atoms with Crippen LogP contribution in [-0.2, 0) is 4.79 Å². The fourth-order valence-electron chi connectivity index (χ4n) is 1.24. The molecule has 0 aliphatic rings. The molecule has 2 nitrogen and oxygen atoms in total. The van der Waals surface area contributed by atoms with E-state index in [-0.39, 0.29) is 0 Å². The minimum absolute atomic E-state index is 0.386. The zero-order valence-electron chi connectivity index (χ0n) is 9.51. The van der Waals surface area contributed by atoms with E-state index < -0.39 is 0 Å². The van der Waals surface area contributed by atoms with Gasteiger partial charge in [-0.25, -0.2) is 0 Å². The first-order valence-electron chi connectivity index (χ1n) is 5.52. The lowest BCUT2D eigenvalue weighted by molar-refractivity contribution is -0.119. The quantitative estimate of drug-likeness (QED) is 0.455. The molecule has 0 rings (SSSR count). The van der Waals surface area contributed by atoms with Crippen LogP contribution in [0.3, 0.4) is 0 Å². The van der Waals surface area contributed by atoms with Gasteiger partial charge < -0.3 is 5.32 Å². The van der Waals surface area contributed by atoms with Crippen LogP contribution in [0.25, 0.3) is 0 Å². The van der Waals surface area contributed by atoms with Crippen molar-refractivity contribution in [2.45, 2.75) is 52.0 Å². The summed E-state index contributed by atoms with van der Waals surface area (Å²) in [4.78, 5) is 11.3. The lowest BCUT2D eigenvalue weighted by atomic mass is 10.1. The van der Waals surface area contributed by atoms with E-state index in [0.717, 1.165) is 32.2 Å². The molecule has 0 atom stereocenters. The number of ketones is 1. The van der Waals surface area contributed by atoms with E-state index in [2.05, 4.69) is 25.7 Å². The van der Waals surface area contributed by atoms with Crippen LogP contribution in [0.15, 0.2) is 12.7 Å².